The summed E-state index contributed by atoms with van der Waals surface area (Å²) in [5.74, 6) is 1.04. The van der Waals surface area contributed by atoms with E-state index in [2.05, 4.69) is 16.1 Å². The van der Waals surface area contributed by atoms with E-state index in [1.807, 2.05) is 25.1 Å². The zero-order valence-electron chi connectivity index (χ0n) is 15.6. The topological polar surface area (TPSA) is 38.5 Å². The summed E-state index contributed by atoms with van der Waals surface area (Å²) in [6, 6.07) is 13.5. The molecule has 0 amide bonds. The molecule has 0 bridgehead atoms. The Morgan fingerprint density at radius 3 is 2.96 bits per heavy atom. The van der Waals surface area contributed by atoms with Crippen LogP contribution >= 0.6 is 0 Å². The number of hydrogen-bond donors (Lipinski definition) is 0. The molecule has 0 unspecified atom stereocenters. The molecule has 2 heterocycles. The molecule has 1 saturated heterocycles. The molecule has 0 spiro atoms. The van der Waals surface area contributed by atoms with E-state index < -0.39 is 0 Å². The van der Waals surface area contributed by atoms with Gasteiger partial charge in [-0.05, 0) is 75.2 Å². The van der Waals surface area contributed by atoms with Crippen LogP contribution in [0.15, 0.2) is 40.9 Å². The Morgan fingerprint density at radius 2 is 2.15 bits per heavy atom. The molecular formula is C22H24FN2O2. The van der Waals surface area contributed by atoms with E-state index in [9.17, 15) is 4.39 Å². The fourth-order valence-electron chi connectivity index (χ4n) is 3.79. The molecule has 0 atom stereocenters. The van der Waals surface area contributed by atoms with Gasteiger partial charge in [0.15, 0.2) is 5.58 Å². The summed E-state index contributed by atoms with van der Waals surface area (Å²) < 4.78 is 24.5. The predicted octanol–water partition coefficient (Wildman–Crippen LogP) is 4.72. The first-order chi connectivity index (χ1) is 13.2. The normalized spacial score (nSPS) is 16.1. The van der Waals surface area contributed by atoms with Crippen molar-refractivity contribution in [1.82, 2.24) is 10.1 Å². The quantitative estimate of drug-likeness (QED) is 0.591. The Labute approximate surface area is 158 Å². The lowest BCUT2D eigenvalue weighted by atomic mass is 9.91. The van der Waals surface area contributed by atoms with E-state index in [1.165, 1.54) is 12.1 Å². The van der Waals surface area contributed by atoms with E-state index in [1.54, 1.807) is 6.07 Å². The molecule has 1 radical (unpaired) electrons. The van der Waals surface area contributed by atoms with Gasteiger partial charge in [0, 0.05) is 23.9 Å². The van der Waals surface area contributed by atoms with Gasteiger partial charge in [-0.15, -0.1) is 0 Å². The maximum absolute atomic E-state index is 13.3. The van der Waals surface area contributed by atoms with Crippen molar-refractivity contribution >= 4 is 11.0 Å². The zero-order chi connectivity index (χ0) is 18.6. The van der Waals surface area contributed by atoms with E-state index in [0.29, 0.717) is 11.5 Å². The van der Waals surface area contributed by atoms with Gasteiger partial charge in [-0.1, -0.05) is 11.2 Å². The van der Waals surface area contributed by atoms with Crippen LogP contribution in [0.5, 0.6) is 5.75 Å². The molecule has 0 N–H and O–H groups in total. The van der Waals surface area contributed by atoms with Gasteiger partial charge in [0.05, 0.1) is 12.3 Å². The maximum Gasteiger partial charge on any atom is 0.170 e. The number of halogens is 1. The summed E-state index contributed by atoms with van der Waals surface area (Å²) in [5, 5.41) is 5.16. The number of ether oxygens (including phenoxy) is 1. The second-order valence-corrected chi connectivity index (χ2v) is 7.22. The lowest BCUT2D eigenvalue weighted by molar-refractivity contribution is 0.190. The van der Waals surface area contributed by atoms with Crippen molar-refractivity contribution in [3.63, 3.8) is 0 Å². The van der Waals surface area contributed by atoms with Crippen LogP contribution < -0.4 is 4.74 Å². The zero-order valence-corrected chi connectivity index (χ0v) is 15.6. The summed E-state index contributed by atoms with van der Waals surface area (Å²) in [6.45, 7) is 5.89. The van der Waals surface area contributed by atoms with E-state index in [0.717, 1.165) is 67.9 Å². The molecule has 3 aromatic rings. The fourth-order valence-corrected chi connectivity index (χ4v) is 3.79. The minimum Gasteiger partial charge on any atom is -0.493 e. The third kappa shape index (κ3) is 4.14. The molecule has 0 aliphatic carbocycles. The number of rotatable bonds is 6. The second kappa shape index (κ2) is 8.09. The molecule has 0 saturated carbocycles. The molecular weight excluding hydrogens is 343 g/mol. The Hall–Kier alpha value is -2.40. The highest BCUT2D eigenvalue weighted by Gasteiger charge is 2.24. The molecule has 1 aromatic heterocycles. The Morgan fingerprint density at radius 1 is 1.30 bits per heavy atom. The number of likely N-dealkylation sites (tertiary alicyclic amines) is 1. The van der Waals surface area contributed by atoms with Gasteiger partial charge in [0.1, 0.15) is 11.6 Å². The highest BCUT2D eigenvalue weighted by molar-refractivity contribution is 5.79. The van der Waals surface area contributed by atoms with E-state index in [-0.39, 0.29) is 5.82 Å². The van der Waals surface area contributed by atoms with Crippen LogP contribution in [0, 0.1) is 18.8 Å². The second-order valence-electron chi connectivity index (χ2n) is 7.22. The summed E-state index contributed by atoms with van der Waals surface area (Å²) >= 11 is 0. The van der Waals surface area contributed by atoms with Crippen LogP contribution in [0.4, 0.5) is 4.39 Å². The Bertz CT molecular complexity index is 900. The van der Waals surface area contributed by atoms with Crippen LogP contribution in [-0.2, 0) is 0 Å². The van der Waals surface area contributed by atoms with E-state index in [4.69, 9.17) is 9.26 Å². The standard InChI is InChI=1S/C22H24FN2O2/c1-16-5-2-3-6-20(16)26-14-4-11-25-12-9-17(10-13-25)22-19-8-7-18(23)15-21(19)27-24-22/h3,5-8,15,17H,4,9-14H2,1H3. The van der Waals surface area contributed by atoms with Crippen molar-refractivity contribution in [3.8, 4) is 5.75 Å². The van der Waals surface area contributed by atoms with Crippen LogP contribution in [0.3, 0.4) is 0 Å². The largest absolute Gasteiger partial charge is 0.493 e. The number of aromatic nitrogens is 1. The summed E-state index contributed by atoms with van der Waals surface area (Å²) in [7, 11) is 0. The van der Waals surface area contributed by atoms with Gasteiger partial charge in [0.25, 0.3) is 0 Å². The van der Waals surface area contributed by atoms with Crippen molar-refractivity contribution in [2.75, 3.05) is 26.2 Å². The monoisotopic (exact) mass is 367 g/mol. The van der Waals surface area contributed by atoms with E-state index >= 15 is 0 Å². The van der Waals surface area contributed by atoms with Crippen molar-refractivity contribution in [1.29, 1.82) is 0 Å². The summed E-state index contributed by atoms with van der Waals surface area (Å²) in [6.07, 6.45) is 3.11. The lowest BCUT2D eigenvalue weighted by Gasteiger charge is -2.31. The SMILES string of the molecule is Cc1c[c]ccc1OCCCN1CCC(c2noc3cc(F)ccc23)CC1. The summed E-state index contributed by atoms with van der Waals surface area (Å²) in [4.78, 5) is 2.48. The van der Waals surface area contributed by atoms with Gasteiger partial charge in [-0.25, -0.2) is 4.39 Å². The smallest absolute Gasteiger partial charge is 0.170 e. The van der Waals surface area contributed by atoms with Crippen LogP contribution in [0.2, 0.25) is 0 Å². The number of nitrogens with zero attached hydrogens (tertiary/aromatic N) is 2. The van der Waals surface area contributed by atoms with Gasteiger partial charge in [-0.3, -0.25) is 0 Å². The molecule has 1 aliphatic rings. The minimum absolute atomic E-state index is 0.286. The first-order valence-corrected chi connectivity index (χ1v) is 9.57. The van der Waals surface area contributed by atoms with Gasteiger partial charge in [0.2, 0.25) is 0 Å². The lowest BCUT2D eigenvalue weighted by Crippen LogP contribution is -2.34. The van der Waals surface area contributed by atoms with Crippen LogP contribution in [0.1, 0.15) is 36.4 Å². The van der Waals surface area contributed by atoms with Gasteiger partial charge in [-0.2, -0.15) is 0 Å². The highest BCUT2D eigenvalue weighted by Crippen LogP contribution is 2.32. The van der Waals surface area contributed by atoms with Crippen molar-refractivity contribution in [2.45, 2.75) is 32.1 Å². The number of hydrogen-bond acceptors (Lipinski definition) is 4. The van der Waals surface area contributed by atoms with Crippen molar-refractivity contribution in [3.05, 3.63) is 59.5 Å². The van der Waals surface area contributed by atoms with Crippen molar-refractivity contribution in [2.24, 2.45) is 0 Å². The molecule has 1 aliphatic heterocycles. The molecule has 27 heavy (non-hydrogen) atoms. The number of benzene rings is 2. The number of aryl methyl sites for hydroxylation is 1. The molecule has 4 rings (SSSR count). The fraction of sp³-hybridized carbons (Fsp3) is 0.409. The first kappa shape index (κ1) is 18.0. The van der Waals surface area contributed by atoms with Gasteiger partial charge >= 0.3 is 0 Å². The average molecular weight is 367 g/mol. The average Bonchev–Trinajstić information content (AvgIpc) is 3.10. The Balaban J connectivity index is 1.25. The Kier molecular flexibility index (Phi) is 5.39. The molecule has 5 heteroatoms. The molecule has 2 aromatic carbocycles. The maximum atomic E-state index is 13.3. The number of fused-ring (bicyclic) bond motifs is 1. The minimum atomic E-state index is -0.286. The predicted molar refractivity (Wildman–Crippen MR) is 103 cm³/mol. The first-order valence-electron chi connectivity index (χ1n) is 9.57. The van der Waals surface area contributed by atoms with Crippen molar-refractivity contribution < 1.29 is 13.7 Å². The van der Waals surface area contributed by atoms with Crippen LogP contribution in [0.25, 0.3) is 11.0 Å². The summed E-state index contributed by atoms with van der Waals surface area (Å²) in [5.41, 5.74) is 2.64. The third-order valence-corrected chi connectivity index (χ3v) is 5.33. The number of piperidine rings is 1. The van der Waals surface area contributed by atoms with Crippen LogP contribution in [-0.4, -0.2) is 36.3 Å². The molecule has 1 fully saturated rings. The molecule has 4 nitrogen and oxygen atoms in total. The third-order valence-electron chi connectivity index (χ3n) is 5.33. The molecule has 141 valence electrons. The van der Waals surface area contributed by atoms with Gasteiger partial charge < -0.3 is 14.2 Å². The highest BCUT2D eigenvalue weighted by atomic mass is 19.1.